The molecule has 1 aromatic heterocycles. The van der Waals surface area contributed by atoms with Gasteiger partial charge >= 0.3 is 0 Å². The lowest BCUT2D eigenvalue weighted by molar-refractivity contribution is 0.463. The number of aliphatic imine (C=N–C) groups is 1. The molecular formula is C25H31N5O. The van der Waals surface area contributed by atoms with Crippen molar-refractivity contribution in [3.63, 3.8) is 0 Å². The number of rotatable bonds is 7. The van der Waals surface area contributed by atoms with E-state index in [2.05, 4.69) is 76.0 Å². The summed E-state index contributed by atoms with van der Waals surface area (Å²) in [5.74, 6) is 2.29. The van der Waals surface area contributed by atoms with Crippen molar-refractivity contribution in [2.24, 2.45) is 4.99 Å². The summed E-state index contributed by atoms with van der Waals surface area (Å²) in [6.45, 7) is 9.90. The minimum absolute atomic E-state index is 0.511. The summed E-state index contributed by atoms with van der Waals surface area (Å²) in [6.07, 6.45) is 1.13. The lowest BCUT2D eigenvalue weighted by Crippen LogP contribution is -2.36. The van der Waals surface area contributed by atoms with E-state index in [4.69, 9.17) is 9.41 Å². The van der Waals surface area contributed by atoms with E-state index in [1.165, 1.54) is 22.4 Å². The summed E-state index contributed by atoms with van der Waals surface area (Å²) < 4.78 is 5.63. The van der Waals surface area contributed by atoms with Crippen LogP contribution in [0.5, 0.6) is 0 Å². The molecule has 6 heteroatoms. The summed E-state index contributed by atoms with van der Waals surface area (Å²) in [7, 11) is 0. The van der Waals surface area contributed by atoms with E-state index in [1.54, 1.807) is 0 Å². The van der Waals surface area contributed by atoms with Crippen LogP contribution in [0.3, 0.4) is 0 Å². The third-order valence-corrected chi connectivity index (χ3v) is 5.62. The number of benzene rings is 2. The molecular weight excluding hydrogens is 386 g/mol. The van der Waals surface area contributed by atoms with Crippen LogP contribution in [0.25, 0.3) is 0 Å². The van der Waals surface area contributed by atoms with Gasteiger partial charge in [0.15, 0.2) is 5.96 Å². The molecule has 1 aliphatic rings. The van der Waals surface area contributed by atoms with Crippen LogP contribution in [0.2, 0.25) is 0 Å². The highest BCUT2D eigenvalue weighted by Crippen LogP contribution is 2.28. The van der Waals surface area contributed by atoms with Crippen LogP contribution >= 0.6 is 0 Å². The van der Waals surface area contributed by atoms with Gasteiger partial charge in [0.1, 0.15) is 5.76 Å². The first-order valence-corrected chi connectivity index (χ1v) is 11.0. The van der Waals surface area contributed by atoms with Gasteiger partial charge in [-0.25, -0.2) is 9.98 Å². The summed E-state index contributed by atoms with van der Waals surface area (Å²) in [5, 5.41) is 6.57. The third-order valence-electron chi connectivity index (χ3n) is 5.62. The van der Waals surface area contributed by atoms with Crippen molar-refractivity contribution in [1.82, 2.24) is 15.6 Å². The fourth-order valence-electron chi connectivity index (χ4n) is 3.83. The lowest BCUT2D eigenvalue weighted by atomic mass is 10.1. The largest absolute Gasteiger partial charge is 0.444 e. The van der Waals surface area contributed by atoms with Crippen LogP contribution in [-0.4, -0.2) is 24.0 Å². The van der Waals surface area contributed by atoms with E-state index in [1.807, 2.05) is 13.8 Å². The van der Waals surface area contributed by atoms with E-state index < -0.39 is 0 Å². The molecule has 1 aliphatic heterocycles. The van der Waals surface area contributed by atoms with Crippen molar-refractivity contribution in [3.05, 3.63) is 82.6 Å². The van der Waals surface area contributed by atoms with Crippen LogP contribution in [0.15, 0.2) is 57.9 Å². The smallest absolute Gasteiger partial charge is 0.214 e. The second kappa shape index (κ2) is 9.69. The number of guanidine groups is 1. The number of fused-ring (bicyclic) bond motifs is 1. The summed E-state index contributed by atoms with van der Waals surface area (Å²) in [6, 6.07) is 17.5. The van der Waals surface area contributed by atoms with Crippen molar-refractivity contribution < 1.29 is 4.42 Å². The first kappa shape index (κ1) is 21.0. The Kier molecular flexibility index (Phi) is 6.55. The quantitative estimate of drug-likeness (QED) is 0.447. The minimum Gasteiger partial charge on any atom is -0.444 e. The monoisotopic (exact) mass is 417 g/mol. The van der Waals surface area contributed by atoms with Crippen LogP contribution in [0.1, 0.15) is 41.0 Å². The predicted octanol–water partition coefficient (Wildman–Crippen LogP) is 4.11. The maximum Gasteiger partial charge on any atom is 0.214 e. The van der Waals surface area contributed by atoms with Crippen LogP contribution in [0, 0.1) is 13.8 Å². The molecule has 6 nitrogen and oxygen atoms in total. The zero-order chi connectivity index (χ0) is 21.6. The number of nitrogens with zero attached hydrogens (tertiary/aromatic N) is 3. The van der Waals surface area contributed by atoms with Gasteiger partial charge in [-0.3, -0.25) is 0 Å². The number of hydrogen-bond acceptors (Lipinski definition) is 4. The number of para-hydroxylation sites is 1. The first-order valence-electron chi connectivity index (χ1n) is 11.0. The van der Waals surface area contributed by atoms with Crippen molar-refractivity contribution in [3.8, 4) is 0 Å². The fraction of sp³-hybridized carbons (Fsp3) is 0.360. The lowest BCUT2D eigenvalue weighted by Gasteiger charge is -2.19. The molecule has 0 aliphatic carbocycles. The predicted molar refractivity (Wildman–Crippen MR) is 125 cm³/mol. The highest BCUT2D eigenvalue weighted by atomic mass is 16.4. The Hall–Kier alpha value is -3.28. The molecule has 2 N–H and O–H groups in total. The van der Waals surface area contributed by atoms with Gasteiger partial charge in [0.2, 0.25) is 5.89 Å². The molecule has 2 aromatic carbocycles. The highest BCUT2D eigenvalue weighted by Gasteiger charge is 2.18. The van der Waals surface area contributed by atoms with Crippen molar-refractivity contribution >= 4 is 11.6 Å². The number of nitrogens with one attached hydrogen (secondary N) is 2. The van der Waals surface area contributed by atoms with Gasteiger partial charge in [0.05, 0.1) is 18.8 Å². The molecule has 4 rings (SSSR count). The van der Waals surface area contributed by atoms with Gasteiger partial charge in [-0.1, -0.05) is 42.5 Å². The van der Waals surface area contributed by atoms with Crippen LogP contribution in [-0.2, 0) is 26.1 Å². The normalized spacial score (nSPS) is 13.4. The molecule has 0 spiro atoms. The Morgan fingerprint density at radius 3 is 2.58 bits per heavy atom. The van der Waals surface area contributed by atoms with Gasteiger partial charge in [0, 0.05) is 25.3 Å². The van der Waals surface area contributed by atoms with E-state index in [0.717, 1.165) is 43.5 Å². The molecule has 0 saturated carbocycles. The Labute approximate surface area is 184 Å². The SMILES string of the molecule is CCNC(=NCc1ccc(CN2CCc3ccccc32)cc1)NCc1nc(C)c(C)o1. The van der Waals surface area contributed by atoms with Gasteiger partial charge < -0.3 is 20.0 Å². The summed E-state index contributed by atoms with van der Waals surface area (Å²) >= 11 is 0. The maximum atomic E-state index is 5.63. The molecule has 0 radical (unpaired) electrons. The Morgan fingerprint density at radius 2 is 1.84 bits per heavy atom. The zero-order valence-corrected chi connectivity index (χ0v) is 18.6. The molecule has 2 heterocycles. The minimum atomic E-state index is 0.511. The number of aryl methyl sites for hydroxylation is 2. The van der Waals surface area contributed by atoms with Crippen LogP contribution < -0.4 is 15.5 Å². The fourth-order valence-corrected chi connectivity index (χ4v) is 3.83. The summed E-state index contributed by atoms with van der Waals surface area (Å²) in [5.41, 5.74) is 6.26. The Morgan fingerprint density at radius 1 is 1.06 bits per heavy atom. The number of hydrogen-bond donors (Lipinski definition) is 2. The average Bonchev–Trinajstić information content (AvgIpc) is 3.34. The second-order valence-corrected chi connectivity index (χ2v) is 7.91. The number of oxazole rings is 1. The zero-order valence-electron chi connectivity index (χ0n) is 18.6. The van der Waals surface area contributed by atoms with Gasteiger partial charge in [-0.05, 0) is 49.9 Å². The van der Waals surface area contributed by atoms with E-state index >= 15 is 0 Å². The standard InChI is InChI=1S/C25H31N5O/c1-4-26-25(28-16-24-29-18(2)19(3)31-24)27-15-20-9-11-21(12-10-20)17-30-14-13-22-7-5-6-8-23(22)30/h5-12H,4,13-17H2,1-3H3,(H2,26,27,28). The molecule has 0 saturated heterocycles. The molecule has 0 bridgehead atoms. The molecule has 3 aromatic rings. The summed E-state index contributed by atoms with van der Waals surface area (Å²) in [4.78, 5) is 11.6. The molecule has 0 amide bonds. The van der Waals surface area contributed by atoms with Crippen molar-refractivity contribution in [2.75, 3.05) is 18.0 Å². The maximum absolute atomic E-state index is 5.63. The molecule has 0 unspecified atom stereocenters. The van der Waals surface area contributed by atoms with Crippen molar-refractivity contribution in [2.45, 2.75) is 46.8 Å². The number of aromatic nitrogens is 1. The van der Waals surface area contributed by atoms with E-state index in [9.17, 15) is 0 Å². The Bertz CT molecular complexity index is 1020. The average molecular weight is 418 g/mol. The van der Waals surface area contributed by atoms with Crippen molar-refractivity contribution in [1.29, 1.82) is 0 Å². The second-order valence-electron chi connectivity index (χ2n) is 7.91. The van der Waals surface area contributed by atoms with E-state index in [-0.39, 0.29) is 0 Å². The molecule has 0 fully saturated rings. The topological polar surface area (TPSA) is 65.7 Å². The number of anilines is 1. The molecule has 0 atom stereocenters. The third kappa shape index (κ3) is 5.26. The first-order chi connectivity index (χ1) is 15.1. The van der Waals surface area contributed by atoms with Crippen LogP contribution in [0.4, 0.5) is 5.69 Å². The highest BCUT2D eigenvalue weighted by molar-refractivity contribution is 5.79. The van der Waals surface area contributed by atoms with E-state index in [0.29, 0.717) is 19.0 Å². The Balaban J connectivity index is 1.34. The molecule has 31 heavy (non-hydrogen) atoms. The van der Waals surface area contributed by atoms with Gasteiger partial charge in [0.25, 0.3) is 0 Å². The molecule has 162 valence electrons. The van der Waals surface area contributed by atoms with Gasteiger partial charge in [-0.2, -0.15) is 0 Å². The van der Waals surface area contributed by atoms with Gasteiger partial charge in [-0.15, -0.1) is 0 Å².